The third-order valence-electron chi connectivity index (χ3n) is 4.78. The lowest BCUT2D eigenvalue weighted by atomic mass is 10.1. The quantitative estimate of drug-likeness (QED) is 0.420. The summed E-state index contributed by atoms with van der Waals surface area (Å²) in [6.45, 7) is 3.79. The smallest absolute Gasteiger partial charge is 0.306 e. The van der Waals surface area contributed by atoms with E-state index < -0.39 is 5.97 Å². The zero-order valence-electron chi connectivity index (χ0n) is 17.3. The number of ketones is 1. The minimum absolute atomic E-state index is 0.000629. The van der Waals surface area contributed by atoms with E-state index in [1.807, 2.05) is 13.0 Å². The molecule has 30 heavy (non-hydrogen) atoms. The maximum Gasteiger partial charge on any atom is 0.306 e. The fourth-order valence-corrected chi connectivity index (χ4v) is 3.14. The van der Waals surface area contributed by atoms with Crippen LogP contribution in [0.2, 0.25) is 0 Å². The van der Waals surface area contributed by atoms with Gasteiger partial charge in [-0.1, -0.05) is 12.1 Å². The van der Waals surface area contributed by atoms with Gasteiger partial charge < -0.3 is 9.47 Å². The Balaban J connectivity index is 1.68. The molecular formula is C23H24N2O5. The predicted octanol–water partition coefficient (Wildman–Crippen LogP) is 3.21. The van der Waals surface area contributed by atoms with E-state index >= 15 is 0 Å². The van der Waals surface area contributed by atoms with Crippen molar-refractivity contribution >= 4 is 22.7 Å². The molecule has 0 aliphatic heterocycles. The van der Waals surface area contributed by atoms with Crippen LogP contribution >= 0.6 is 0 Å². The molecule has 0 amide bonds. The van der Waals surface area contributed by atoms with Crippen LogP contribution in [0.15, 0.2) is 47.3 Å². The van der Waals surface area contributed by atoms with Crippen LogP contribution in [-0.4, -0.2) is 27.9 Å². The molecule has 7 heteroatoms. The summed E-state index contributed by atoms with van der Waals surface area (Å²) in [4.78, 5) is 40.9. The van der Waals surface area contributed by atoms with Crippen molar-refractivity contribution in [2.24, 2.45) is 7.05 Å². The molecule has 0 radical (unpaired) electrons. The fourth-order valence-electron chi connectivity index (χ4n) is 3.14. The van der Waals surface area contributed by atoms with Crippen molar-refractivity contribution in [3.8, 4) is 5.75 Å². The molecule has 0 unspecified atom stereocenters. The first-order valence-corrected chi connectivity index (χ1v) is 9.77. The van der Waals surface area contributed by atoms with Crippen molar-refractivity contribution in [2.75, 3.05) is 6.61 Å². The van der Waals surface area contributed by atoms with Crippen LogP contribution < -0.4 is 10.3 Å². The number of fused-ring (bicyclic) bond motifs is 1. The van der Waals surface area contributed by atoms with Gasteiger partial charge in [-0.2, -0.15) is 0 Å². The predicted molar refractivity (Wildman–Crippen MR) is 113 cm³/mol. The third-order valence-corrected chi connectivity index (χ3v) is 4.78. The largest absolute Gasteiger partial charge is 0.493 e. The Kier molecular flexibility index (Phi) is 6.61. The van der Waals surface area contributed by atoms with Gasteiger partial charge in [0.2, 0.25) is 0 Å². The maximum atomic E-state index is 12.5. The highest BCUT2D eigenvalue weighted by Crippen LogP contribution is 2.22. The van der Waals surface area contributed by atoms with Gasteiger partial charge in [-0.3, -0.25) is 19.0 Å². The average molecular weight is 408 g/mol. The topological polar surface area (TPSA) is 87.5 Å². The summed E-state index contributed by atoms with van der Waals surface area (Å²) in [7, 11) is 1.64. The highest BCUT2D eigenvalue weighted by atomic mass is 16.5. The number of nitrogens with zero attached hydrogens (tertiary/aromatic N) is 2. The van der Waals surface area contributed by atoms with Gasteiger partial charge in [0.05, 0.1) is 23.9 Å². The lowest BCUT2D eigenvalue weighted by Gasteiger charge is -2.12. The van der Waals surface area contributed by atoms with E-state index in [2.05, 4.69) is 4.98 Å². The lowest BCUT2D eigenvalue weighted by Crippen LogP contribution is -2.23. The average Bonchev–Trinajstić information content (AvgIpc) is 2.74. The molecule has 0 aliphatic rings. The number of ether oxygens (including phenoxy) is 2. The normalized spacial score (nSPS) is 10.8. The zero-order valence-corrected chi connectivity index (χ0v) is 17.3. The highest BCUT2D eigenvalue weighted by molar-refractivity contribution is 5.94. The third kappa shape index (κ3) is 4.74. The minimum Gasteiger partial charge on any atom is -0.493 e. The molecule has 3 aromatic rings. The van der Waals surface area contributed by atoms with Gasteiger partial charge in [-0.25, -0.2) is 4.98 Å². The molecule has 0 saturated heterocycles. The number of aromatic nitrogens is 2. The van der Waals surface area contributed by atoms with Crippen LogP contribution in [0, 0.1) is 0 Å². The van der Waals surface area contributed by atoms with Gasteiger partial charge in [-0.05, 0) is 44.2 Å². The molecule has 0 fully saturated rings. The summed E-state index contributed by atoms with van der Waals surface area (Å²) >= 11 is 0. The summed E-state index contributed by atoms with van der Waals surface area (Å²) in [6.07, 6.45) is 0.357. The number of esters is 1. The van der Waals surface area contributed by atoms with Crippen LogP contribution in [-0.2, 0) is 29.6 Å². The van der Waals surface area contributed by atoms with Crippen molar-refractivity contribution in [3.63, 3.8) is 0 Å². The molecule has 3 rings (SSSR count). The van der Waals surface area contributed by atoms with E-state index in [0.717, 1.165) is 0 Å². The first-order valence-electron chi connectivity index (χ1n) is 9.77. The van der Waals surface area contributed by atoms with E-state index in [4.69, 9.17) is 9.47 Å². The summed E-state index contributed by atoms with van der Waals surface area (Å²) in [6, 6.07) is 12.2. The summed E-state index contributed by atoms with van der Waals surface area (Å²) in [5, 5.41) is 0.542. The Labute approximate surface area is 174 Å². The number of rotatable bonds is 8. The number of aryl methyl sites for hydroxylation is 1. The van der Waals surface area contributed by atoms with Gasteiger partial charge in [0.1, 0.15) is 18.2 Å². The Hall–Kier alpha value is -3.48. The van der Waals surface area contributed by atoms with Gasteiger partial charge in [0.15, 0.2) is 5.78 Å². The van der Waals surface area contributed by atoms with E-state index in [1.165, 1.54) is 11.5 Å². The molecule has 0 spiro atoms. The Morgan fingerprint density at radius 3 is 2.63 bits per heavy atom. The molecule has 0 bridgehead atoms. The van der Waals surface area contributed by atoms with Crippen LogP contribution in [0.1, 0.15) is 42.0 Å². The Morgan fingerprint density at radius 1 is 1.13 bits per heavy atom. The van der Waals surface area contributed by atoms with E-state index in [1.54, 1.807) is 43.4 Å². The van der Waals surface area contributed by atoms with Gasteiger partial charge in [-0.15, -0.1) is 0 Å². The molecule has 1 heterocycles. The highest BCUT2D eigenvalue weighted by Gasteiger charge is 2.13. The number of para-hydroxylation sites is 1. The van der Waals surface area contributed by atoms with Crippen LogP contribution in [0.3, 0.4) is 0 Å². The number of hydrogen-bond donors (Lipinski definition) is 0. The zero-order chi connectivity index (χ0) is 21.7. The molecular weight excluding hydrogens is 384 g/mol. The number of hydrogen-bond acceptors (Lipinski definition) is 6. The van der Waals surface area contributed by atoms with E-state index in [-0.39, 0.29) is 30.8 Å². The molecule has 2 aromatic carbocycles. The van der Waals surface area contributed by atoms with E-state index in [0.29, 0.717) is 40.2 Å². The number of benzene rings is 2. The van der Waals surface area contributed by atoms with Crippen LogP contribution in [0.5, 0.6) is 5.75 Å². The molecule has 0 atom stereocenters. The number of carbonyl (C=O) groups excluding carboxylic acids is 2. The molecule has 7 nitrogen and oxygen atoms in total. The summed E-state index contributed by atoms with van der Waals surface area (Å²) in [5.41, 5.74) is 1.62. The monoisotopic (exact) mass is 408 g/mol. The van der Waals surface area contributed by atoms with Gasteiger partial charge in [0.25, 0.3) is 5.56 Å². The second-order valence-corrected chi connectivity index (χ2v) is 6.88. The summed E-state index contributed by atoms with van der Waals surface area (Å²) < 4.78 is 12.4. The molecule has 1 aromatic heterocycles. The van der Waals surface area contributed by atoms with Gasteiger partial charge in [0, 0.05) is 24.6 Å². The minimum atomic E-state index is -0.423. The molecule has 0 aliphatic carbocycles. The van der Waals surface area contributed by atoms with Crippen LogP contribution in [0.25, 0.3) is 10.9 Å². The standard InChI is InChI=1S/C23H24N2O5/c1-4-29-20-10-9-16(15(2)26)13-17(20)14-30-22(27)12-11-21-24-19-8-6-5-7-18(19)23(28)25(21)3/h5-10,13H,4,11-12,14H2,1-3H3. The fraction of sp³-hybridized carbons (Fsp3) is 0.304. The van der Waals surface area contributed by atoms with Crippen molar-refractivity contribution in [1.82, 2.24) is 9.55 Å². The lowest BCUT2D eigenvalue weighted by molar-refractivity contribution is -0.145. The second-order valence-electron chi connectivity index (χ2n) is 6.88. The Morgan fingerprint density at radius 2 is 1.90 bits per heavy atom. The van der Waals surface area contributed by atoms with E-state index in [9.17, 15) is 14.4 Å². The molecule has 0 saturated carbocycles. The van der Waals surface area contributed by atoms with Crippen molar-refractivity contribution in [1.29, 1.82) is 0 Å². The maximum absolute atomic E-state index is 12.5. The van der Waals surface area contributed by atoms with Crippen molar-refractivity contribution < 1.29 is 19.1 Å². The van der Waals surface area contributed by atoms with Crippen molar-refractivity contribution in [2.45, 2.75) is 33.3 Å². The SMILES string of the molecule is CCOc1ccc(C(C)=O)cc1COC(=O)CCc1nc2ccccc2c(=O)n1C. The van der Waals surface area contributed by atoms with Crippen LogP contribution in [0.4, 0.5) is 0 Å². The second kappa shape index (κ2) is 9.35. The molecule has 156 valence electrons. The first kappa shape index (κ1) is 21.2. The molecule has 0 N–H and O–H groups in total. The van der Waals surface area contributed by atoms with Gasteiger partial charge >= 0.3 is 5.97 Å². The number of Topliss-reactive ketones (excluding diaryl/α,β-unsaturated/α-hetero) is 1. The van der Waals surface area contributed by atoms with Crippen molar-refractivity contribution in [3.05, 3.63) is 69.8 Å². The Bertz CT molecular complexity index is 1150. The first-order chi connectivity index (χ1) is 14.4. The summed E-state index contributed by atoms with van der Waals surface area (Å²) in [5.74, 6) is 0.597. The number of carbonyl (C=O) groups is 2.